The second-order valence-corrected chi connectivity index (χ2v) is 5.91. The monoisotopic (exact) mass is 332 g/mol. The van der Waals surface area contributed by atoms with Crippen molar-refractivity contribution in [3.63, 3.8) is 0 Å². The van der Waals surface area contributed by atoms with Crippen molar-refractivity contribution < 1.29 is 4.79 Å². The number of rotatable bonds is 5. The average Bonchev–Trinajstić information content (AvgIpc) is 2.61. The molecule has 0 saturated carbocycles. The fourth-order valence-corrected chi connectivity index (χ4v) is 2.46. The molecule has 5 heteroatoms. The molecule has 0 aliphatic heterocycles. The maximum Gasteiger partial charge on any atom is 0.276 e. The van der Waals surface area contributed by atoms with E-state index in [0.717, 1.165) is 11.3 Å². The summed E-state index contributed by atoms with van der Waals surface area (Å²) in [6, 6.07) is 19.2. The van der Waals surface area contributed by atoms with Gasteiger partial charge in [0.2, 0.25) is 0 Å². The number of aromatic nitrogens is 2. The van der Waals surface area contributed by atoms with Gasteiger partial charge in [-0.25, -0.2) is 0 Å². The van der Waals surface area contributed by atoms with Crippen molar-refractivity contribution >= 4 is 17.4 Å². The summed E-state index contributed by atoms with van der Waals surface area (Å²) in [4.78, 5) is 12.2. The van der Waals surface area contributed by atoms with E-state index >= 15 is 0 Å². The van der Waals surface area contributed by atoms with Gasteiger partial charge >= 0.3 is 0 Å². The maximum atomic E-state index is 12.2. The van der Waals surface area contributed by atoms with Crippen LogP contribution in [0.2, 0.25) is 0 Å². The number of anilines is 2. The predicted molar refractivity (Wildman–Crippen MR) is 99.7 cm³/mol. The van der Waals surface area contributed by atoms with Gasteiger partial charge in [-0.1, -0.05) is 36.4 Å². The summed E-state index contributed by atoms with van der Waals surface area (Å²) in [6.07, 6.45) is 0. The topological polar surface area (TPSA) is 66.9 Å². The first-order valence-electron chi connectivity index (χ1n) is 8.12. The van der Waals surface area contributed by atoms with Crippen molar-refractivity contribution in [1.82, 2.24) is 10.2 Å². The first-order chi connectivity index (χ1) is 12.1. The summed E-state index contributed by atoms with van der Waals surface area (Å²) in [7, 11) is 0. The van der Waals surface area contributed by atoms with Gasteiger partial charge in [0.1, 0.15) is 5.82 Å². The van der Waals surface area contributed by atoms with Crippen LogP contribution in [-0.4, -0.2) is 16.1 Å². The first-order valence-corrected chi connectivity index (χ1v) is 8.12. The standard InChI is InChI=1S/C20H20N4O/c1-14-6-5-9-17(12-14)22-20(25)18-10-11-19(24-23-18)21-13-16-8-4-3-7-15(16)2/h3-12H,13H2,1-2H3,(H,21,24)(H,22,25). The van der Waals surface area contributed by atoms with Crippen LogP contribution in [0.5, 0.6) is 0 Å². The zero-order chi connectivity index (χ0) is 17.6. The number of hydrogen-bond donors (Lipinski definition) is 2. The van der Waals surface area contributed by atoms with Crippen LogP contribution in [0.4, 0.5) is 11.5 Å². The van der Waals surface area contributed by atoms with Crippen LogP contribution in [-0.2, 0) is 6.54 Å². The summed E-state index contributed by atoms with van der Waals surface area (Å²) in [5.74, 6) is 0.360. The average molecular weight is 332 g/mol. The highest BCUT2D eigenvalue weighted by Crippen LogP contribution is 2.12. The quantitative estimate of drug-likeness (QED) is 0.742. The molecular weight excluding hydrogens is 312 g/mol. The number of benzene rings is 2. The third kappa shape index (κ3) is 4.41. The molecule has 1 heterocycles. The van der Waals surface area contributed by atoms with Gasteiger partial charge in [0.05, 0.1) is 0 Å². The van der Waals surface area contributed by atoms with Crippen LogP contribution in [0, 0.1) is 13.8 Å². The lowest BCUT2D eigenvalue weighted by atomic mass is 10.1. The lowest BCUT2D eigenvalue weighted by molar-refractivity contribution is 0.102. The minimum absolute atomic E-state index is 0.274. The summed E-state index contributed by atoms with van der Waals surface area (Å²) in [5.41, 5.74) is 4.53. The molecule has 1 amide bonds. The Labute approximate surface area is 147 Å². The van der Waals surface area contributed by atoms with Crippen LogP contribution in [0.15, 0.2) is 60.7 Å². The molecular formula is C20H20N4O. The molecule has 0 aliphatic carbocycles. The van der Waals surface area contributed by atoms with Crippen molar-refractivity contribution in [2.75, 3.05) is 10.6 Å². The SMILES string of the molecule is Cc1cccc(NC(=O)c2ccc(NCc3ccccc3C)nn2)c1. The number of aryl methyl sites for hydroxylation is 2. The highest BCUT2D eigenvalue weighted by atomic mass is 16.1. The Morgan fingerprint density at radius 2 is 1.80 bits per heavy atom. The van der Waals surface area contributed by atoms with Crippen LogP contribution in [0.1, 0.15) is 27.2 Å². The van der Waals surface area contributed by atoms with E-state index in [1.54, 1.807) is 12.1 Å². The molecule has 0 saturated heterocycles. The van der Waals surface area contributed by atoms with E-state index in [4.69, 9.17) is 0 Å². The third-order valence-electron chi connectivity index (χ3n) is 3.89. The van der Waals surface area contributed by atoms with E-state index in [2.05, 4.69) is 39.9 Å². The molecule has 0 unspecified atom stereocenters. The second kappa shape index (κ2) is 7.57. The van der Waals surface area contributed by atoms with Crippen LogP contribution >= 0.6 is 0 Å². The Hall–Kier alpha value is -3.21. The second-order valence-electron chi connectivity index (χ2n) is 5.91. The highest BCUT2D eigenvalue weighted by Gasteiger charge is 2.09. The Morgan fingerprint density at radius 3 is 2.52 bits per heavy atom. The zero-order valence-corrected chi connectivity index (χ0v) is 14.3. The van der Waals surface area contributed by atoms with Crippen LogP contribution in [0.3, 0.4) is 0 Å². The van der Waals surface area contributed by atoms with Crippen molar-refractivity contribution in [2.24, 2.45) is 0 Å². The molecule has 0 fully saturated rings. The maximum absolute atomic E-state index is 12.2. The molecule has 2 N–H and O–H groups in total. The predicted octanol–water partition coefficient (Wildman–Crippen LogP) is 3.96. The van der Waals surface area contributed by atoms with E-state index in [1.807, 2.05) is 43.3 Å². The van der Waals surface area contributed by atoms with Crippen molar-refractivity contribution in [3.8, 4) is 0 Å². The molecule has 0 atom stereocenters. The lowest BCUT2D eigenvalue weighted by Gasteiger charge is -2.08. The van der Waals surface area contributed by atoms with Gasteiger partial charge in [-0.15, -0.1) is 10.2 Å². The highest BCUT2D eigenvalue weighted by molar-refractivity contribution is 6.02. The molecule has 1 aromatic heterocycles. The van der Waals surface area contributed by atoms with Gasteiger partial charge in [-0.2, -0.15) is 0 Å². The van der Waals surface area contributed by atoms with E-state index in [0.29, 0.717) is 12.4 Å². The van der Waals surface area contributed by atoms with Gasteiger partial charge in [0.25, 0.3) is 5.91 Å². The number of carbonyl (C=O) groups is 1. The van der Waals surface area contributed by atoms with Crippen LogP contribution in [0.25, 0.3) is 0 Å². The Bertz CT molecular complexity index is 875. The molecule has 3 aromatic rings. The molecule has 5 nitrogen and oxygen atoms in total. The Balaban J connectivity index is 1.61. The molecule has 0 aliphatic rings. The molecule has 0 spiro atoms. The molecule has 2 aromatic carbocycles. The molecule has 0 radical (unpaired) electrons. The summed E-state index contributed by atoms with van der Waals surface area (Å²) >= 11 is 0. The minimum Gasteiger partial charge on any atom is -0.364 e. The smallest absolute Gasteiger partial charge is 0.276 e. The van der Waals surface area contributed by atoms with Gasteiger partial charge in [0, 0.05) is 12.2 Å². The largest absolute Gasteiger partial charge is 0.364 e. The number of nitrogens with zero attached hydrogens (tertiary/aromatic N) is 2. The number of hydrogen-bond acceptors (Lipinski definition) is 4. The van der Waals surface area contributed by atoms with E-state index < -0.39 is 0 Å². The summed E-state index contributed by atoms with van der Waals surface area (Å²) in [5, 5.41) is 14.1. The van der Waals surface area contributed by atoms with Gasteiger partial charge in [-0.05, 0) is 54.8 Å². The number of carbonyl (C=O) groups excluding carboxylic acids is 1. The van der Waals surface area contributed by atoms with E-state index in [-0.39, 0.29) is 11.6 Å². The van der Waals surface area contributed by atoms with E-state index in [9.17, 15) is 4.79 Å². The zero-order valence-electron chi connectivity index (χ0n) is 14.3. The van der Waals surface area contributed by atoms with Crippen molar-refractivity contribution in [3.05, 3.63) is 83.0 Å². The molecule has 126 valence electrons. The fourth-order valence-electron chi connectivity index (χ4n) is 2.46. The van der Waals surface area contributed by atoms with Gasteiger partial charge in [-0.3, -0.25) is 4.79 Å². The lowest BCUT2D eigenvalue weighted by Crippen LogP contribution is -2.15. The Morgan fingerprint density at radius 1 is 0.960 bits per heavy atom. The number of nitrogens with one attached hydrogen (secondary N) is 2. The third-order valence-corrected chi connectivity index (χ3v) is 3.89. The molecule has 25 heavy (non-hydrogen) atoms. The molecule has 3 rings (SSSR count). The first kappa shape index (κ1) is 16.6. The Kier molecular flexibility index (Phi) is 5.04. The molecule has 0 bridgehead atoms. The van der Waals surface area contributed by atoms with E-state index in [1.165, 1.54) is 11.1 Å². The van der Waals surface area contributed by atoms with Gasteiger partial charge < -0.3 is 10.6 Å². The van der Waals surface area contributed by atoms with Crippen molar-refractivity contribution in [2.45, 2.75) is 20.4 Å². The normalized spacial score (nSPS) is 10.3. The van der Waals surface area contributed by atoms with Gasteiger partial charge in [0.15, 0.2) is 5.69 Å². The number of amides is 1. The summed E-state index contributed by atoms with van der Waals surface area (Å²) in [6.45, 7) is 4.71. The van der Waals surface area contributed by atoms with Crippen LogP contribution < -0.4 is 10.6 Å². The fraction of sp³-hybridized carbons (Fsp3) is 0.150. The van der Waals surface area contributed by atoms with Crippen molar-refractivity contribution in [1.29, 1.82) is 0 Å². The summed E-state index contributed by atoms with van der Waals surface area (Å²) < 4.78 is 0. The minimum atomic E-state index is -0.274.